The highest BCUT2D eigenvalue weighted by Gasteiger charge is 2.43. The maximum absolute atomic E-state index is 14.4. The number of hydrogen-bond acceptors (Lipinski definition) is 10. The molecule has 0 spiro atoms. The van der Waals surface area contributed by atoms with E-state index in [0.717, 1.165) is 29.8 Å². The highest BCUT2D eigenvalue weighted by Crippen LogP contribution is 2.32. The third kappa shape index (κ3) is 15.2. The van der Waals surface area contributed by atoms with Gasteiger partial charge in [0.25, 0.3) is 0 Å². The minimum Gasteiger partial charge on any atom is -0.383 e. The van der Waals surface area contributed by atoms with Crippen LogP contribution in [0.4, 0.5) is 5.69 Å². The summed E-state index contributed by atoms with van der Waals surface area (Å²) in [5, 5.41) is 6.43. The van der Waals surface area contributed by atoms with Crippen LogP contribution in [0.5, 0.6) is 0 Å². The van der Waals surface area contributed by atoms with E-state index in [1.165, 1.54) is 0 Å². The van der Waals surface area contributed by atoms with Gasteiger partial charge in [-0.25, -0.2) is 0 Å². The molecule has 1 aromatic heterocycles. The minimum atomic E-state index is -0.664. The van der Waals surface area contributed by atoms with Crippen LogP contribution in [0.3, 0.4) is 0 Å². The Morgan fingerprint density at radius 3 is 2.05 bits per heavy atom. The molecule has 2 N–H and O–H groups in total. The number of nitrogens with one attached hydrogen (secondary N) is 2. The number of Topliss-reactive ketones (excluding diaryl/α,β-unsaturated/α-hetero) is 2. The molecule has 0 unspecified atom stereocenters. The van der Waals surface area contributed by atoms with Crippen molar-refractivity contribution >= 4 is 35.0 Å². The SMILES string of the molecule is CC[C@H](C)[C@@H]([C@@H](CC(=O)N1CCC[C@H]1[C@H](OC)[C@@H](C)C(=O)C[C@@H](Cc1ccccn1)C(=O)NCc1ccc(NC(C)C)cc1)OC)N(C)C(=O)[C@@H](CC(=O)[C@H](C(C)C)N(C)C)C(C)C. The molecule has 1 aliphatic rings. The zero-order chi connectivity index (χ0) is 47.8. The van der Waals surface area contributed by atoms with Gasteiger partial charge in [0.2, 0.25) is 17.7 Å². The number of aromatic nitrogens is 1. The average Bonchev–Trinajstić information content (AvgIpc) is 3.74. The Balaban J connectivity index is 1.79. The van der Waals surface area contributed by atoms with Gasteiger partial charge in [-0.3, -0.25) is 33.9 Å². The molecule has 0 radical (unpaired) electrons. The lowest BCUT2D eigenvalue weighted by Crippen LogP contribution is -2.54. The van der Waals surface area contributed by atoms with Crippen molar-refractivity contribution in [3.63, 3.8) is 0 Å². The summed E-state index contributed by atoms with van der Waals surface area (Å²) in [5.74, 6) is -2.36. The molecule has 13 nitrogen and oxygen atoms in total. The van der Waals surface area contributed by atoms with Gasteiger partial charge in [0.15, 0.2) is 5.78 Å². The van der Waals surface area contributed by atoms with Crippen molar-refractivity contribution in [2.45, 2.75) is 150 Å². The molecule has 9 atom stereocenters. The standard InChI is InChI=1S/C51H82N6O7/c1-15-35(8)48(56(12)51(62)41(32(2)3)29-44(59)47(33(4)5)55(10)11)45(63-13)30-46(60)57-26-18-20-42(57)49(64-14)36(9)43(58)28-38(27-40-19-16-17-25-52-40)50(61)53-31-37-21-23-39(24-22-37)54-34(6)7/h16-17,19,21-25,32-36,38,41-42,45,47-49,54H,15,18,20,26-31H2,1-14H3,(H,53,61)/t35-,36-,38+,41-,42-,45+,47-,48-,49+/m0/s1. The van der Waals surface area contributed by atoms with Gasteiger partial charge in [-0.05, 0) is 88.4 Å². The van der Waals surface area contributed by atoms with Crippen LogP contribution >= 0.6 is 0 Å². The number of pyridine rings is 1. The lowest BCUT2D eigenvalue weighted by Gasteiger charge is -2.41. The summed E-state index contributed by atoms with van der Waals surface area (Å²) < 4.78 is 12.2. The van der Waals surface area contributed by atoms with E-state index in [2.05, 4.69) is 43.3 Å². The summed E-state index contributed by atoms with van der Waals surface area (Å²) in [6, 6.07) is 12.7. The first-order valence-corrected chi connectivity index (χ1v) is 23.6. The Bertz CT molecular complexity index is 1760. The number of nitrogens with zero attached hydrogens (tertiary/aromatic N) is 4. The quantitative estimate of drug-likeness (QED) is 0.0954. The second-order valence-corrected chi connectivity index (χ2v) is 19.4. The molecular weight excluding hydrogens is 809 g/mol. The van der Waals surface area contributed by atoms with Crippen molar-refractivity contribution < 1.29 is 33.4 Å². The van der Waals surface area contributed by atoms with Crippen LogP contribution in [0.25, 0.3) is 0 Å². The number of likely N-dealkylation sites (N-methyl/N-ethyl adjacent to an activating group) is 2. The fraction of sp³-hybridized carbons (Fsp3) is 0.686. The zero-order valence-electron chi connectivity index (χ0n) is 41.6. The summed E-state index contributed by atoms with van der Waals surface area (Å²) >= 11 is 0. The Labute approximate surface area is 385 Å². The van der Waals surface area contributed by atoms with Crippen molar-refractivity contribution in [2.75, 3.05) is 47.2 Å². The average molecular weight is 891 g/mol. The number of ether oxygens (including phenoxy) is 2. The van der Waals surface area contributed by atoms with Crippen molar-refractivity contribution in [3.8, 4) is 0 Å². The molecule has 358 valence electrons. The van der Waals surface area contributed by atoms with E-state index in [9.17, 15) is 24.0 Å². The number of amides is 3. The fourth-order valence-corrected chi connectivity index (χ4v) is 9.65. The number of rotatable bonds is 27. The number of benzene rings is 1. The van der Waals surface area contributed by atoms with Crippen LogP contribution in [-0.2, 0) is 46.4 Å². The Kier molecular flexibility index (Phi) is 22.1. The van der Waals surface area contributed by atoms with Crippen LogP contribution in [0.15, 0.2) is 48.7 Å². The number of likely N-dealkylation sites (tertiary alicyclic amines) is 1. The normalized spacial score (nSPS) is 18.0. The molecule has 1 aliphatic heterocycles. The van der Waals surface area contributed by atoms with E-state index in [-0.39, 0.29) is 78.4 Å². The van der Waals surface area contributed by atoms with Gasteiger partial charge in [-0.15, -0.1) is 0 Å². The molecule has 2 aromatic rings. The Morgan fingerprint density at radius 1 is 0.844 bits per heavy atom. The van der Waals surface area contributed by atoms with E-state index in [1.54, 1.807) is 32.4 Å². The van der Waals surface area contributed by atoms with E-state index < -0.39 is 36.0 Å². The Morgan fingerprint density at radius 2 is 1.52 bits per heavy atom. The molecule has 0 aliphatic carbocycles. The van der Waals surface area contributed by atoms with Crippen LogP contribution in [0.2, 0.25) is 0 Å². The molecule has 1 fully saturated rings. The third-order valence-corrected chi connectivity index (χ3v) is 13.3. The van der Waals surface area contributed by atoms with E-state index in [0.29, 0.717) is 32.0 Å². The van der Waals surface area contributed by atoms with Crippen molar-refractivity contribution in [2.24, 2.45) is 35.5 Å². The second kappa shape index (κ2) is 26.1. The van der Waals surface area contributed by atoms with Crippen LogP contribution in [-0.4, -0.2) is 127 Å². The largest absolute Gasteiger partial charge is 0.383 e. The first-order chi connectivity index (χ1) is 30.2. The van der Waals surface area contributed by atoms with Gasteiger partial charge in [-0.2, -0.15) is 0 Å². The first-order valence-electron chi connectivity index (χ1n) is 23.6. The minimum absolute atomic E-state index is 0.0112. The van der Waals surface area contributed by atoms with Gasteiger partial charge in [0, 0.05) is 89.1 Å². The highest BCUT2D eigenvalue weighted by atomic mass is 16.5. The van der Waals surface area contributed by atoms with Crippen LogP contribution in [0, 0.1) is 35.5 Å². The molecule has 1 aromatic carbocycles. The van der Waals surface area contributed by atoms with Gasteiger partial charge in [0.1, 0.15) is 5.78 Å². The number of hydrogen-bond donors (Lipinski definition) is 2. The summed E-state index contributed by atoms with van der Waals surface area (Å²) in [7, 11) is 8.73. The lowest BCUT2D eigenvalue weighted by molar-refractivity contribution is -0.149. The summed E-state index contributed by atoms with van der Waals surface area (Å²) in [4.78, 5) is 80.5. The number of anilines is 1. The zero-order valence-corrected chi connectivity index (χ0v) is 41.6. The number of carbonyl (C=O) groups excluding carboxylic acids is 5. The second-order valence-electron chi connectivity index (χ2n) is 19.4. The number of ketones is 2. The van der Waals surface area contributed by atoms with Gasteiger partial charge in [0.05, 0.1) is 42.7 Å². The molecule has 0 saturated carbocycles. The molecule has 2 heterocycles. The summed E-state index contributed by atoms with van der Waals surface area (Å²) in [6.07, 6.45) is 3.06. The molecule has 64 heavy (non-hydrogen) atoms. The highest BCUT2D eigenvalue weighted by molar-refractivity contribution is 5.90. The van der Waals surface area contributed by atoms with Crippen LogP contribution < -0.4 is 10.6 Å². The van der Waals surface area contributed by atoms with E-state index in [1.807, 2.05) is 101 Å². The fourth-order valence-electron chi connectivity index (χ4n) is 9.65. The smallest absolute Gasteiger partial charge is 0.226 e. The van der Waals surface area contributed by atoms with Gasteiger partial charge in [-0.1, -0.05) is 73.1 Å². The van der Waals surface area contributed by atoms with E-state index in [4.69, 9.17) is 9.47 Å². The molecular formula is C51H82N6O7. The molecule has 3 amide bonds. The number of methoxy groups -OCH3 is 2. The summed E-state index contributed by atoms with van der Waals surface area (Å²) in [6.45, 7) is 18.9. The molecule has 3 rings (SSSR count). The predicted molar refractivity (Wildman–Crippen MR) is 254 cm³/mol. The van der Waals surface area contributed by atoms with Gasteiger partial charge >= 0.3 is 0 Å². The lowest BCUT2D eigenvalue weighted by atomic mass is 9.83. The summed E-state index contributed by atoms with van der Waals surface area (Å²) in [5.41, 5.74) is 2.67. The monoisotopic (exact) mass is 891 g/mol. The number of carbonyl (C=O) groups is 5. The Hall–Kier alpha value is -4.20. The van der Waals surface area contributed by atoms with Crippen LogP contribution in [0.1, 0.15) is 112 Å². The maximum atomic E-state index is 14.4. The topological polar surface area (TPSA) is 150 Å². The van der Waals surface area contributed by atoms with Crippen molar-refractivity contribution in [1.82, 2.24) is 25.0 Å². The third-order valence-electron chi connectivity index (χ3n) is 13.3. The van der Waals surface area contributed by atoms with Crippen molar-refractivity contribution in [3.05, 3.63) is 59.9 Å². The van der Waals surface area contributed by atoms with Gasteiger partial charge < -0.3 is 29.9 Å². The predicted octanol–water partition coefficient (Wildman–Crippen LogP) is 7.07. The van der Waals surface area contributed by atoms with Crippen molar-refractivity contribution in [1.29, 1.82) is 0 Å². The molecule has 1 saturated heterocycles. The molecule has 13 heteroatoms. The maximum Gasteiger partial charge on any atom is 0.226 e. The first kappa shape index (κ1) is 54.1. The van der Waals surface area contributed by atoms with E-state index >= 15 is 0 Å². The molecule has 0 bridgehead atoms.